The number of amides is 1. The van der Waals surface area contributed by atoms with Gasteiger partial charge in [0.15, 0.2) is 0 Å². The van der Waals surface area contributed by atoms with Crippen molar-refractivity contribution in [2.75, 3.05) is 13.7 Å². The molecule has 1 rings (SSSR count). The van der Waals surface area contributed by atoms with Gasteiger partial charge in [0.05, 0.1) is 7.11 Å². The highest BCUT2D eigenvalue weighted by Gasteiger charge is 2.16. The third kappa shape index (κ3) is 4.85. The number of nitrogens with one attached hydrogen (secondary N) is 1. The molecule has 1 amide bonds. The van der Waals surface area contributed by atoms with Crippen molar-refractivity contribution in [1.29, 1.82) is 0 Å². The molecule has 0 aliphatic heterocycles. The predicted molar refractivity (Wildman–Crippen MR) is 81.8 cm³/mol. The SMILES string of the molecule is COc1ccc(C(C)CCNC(=O)C(C)C(C)N)cc1. The van der Waals surface area contributed by atoms with Gasteiger partial charge in [-0.25, -0.2) is 0 Å². The zero-order valence-corrected chi connectivity index (χ0v) is 12.8. The number of benzene rings is 1. The van der Waals surface area contributed by atoms with Gasteiger partial charge in [-0.1, -0.05) is 26.0 Å². The van der Waals surface area contributed by atoms with E-state index < -0.39 is 0 Å². The molecular formula is C16H26N2O2. The Morgan fingerprint density at radius 2 is 1.85 bits per heavy atom. The van der Waals surface area contributed by atoms with Gasteiger partial charge in [-0.05, 0) is 37.0 Å². The van der Waals surface area contributed by atoms with Crippen LogP contribution in [0, 0.1) is 5.92 Å². The van der Waals surface area contributed by atoms with Gasteiger partial charge in [-0.3, -0.25) is 4.79 Å². The Bertz CT molecular complexity index is 415. The topological polar surface area (TPSA) is 64.3 Å². The molecule has 0 aromatic heterocycles. The summed E-state index contributed by atoms with van der Waals surface area (Å²) in [7, 11) is 1.66. The molecule has 1 aromatic rings. The second-order valence-corrected chi connectivity index (χ2v) is 5.40. The average molecular weight is 278 g/mol. The number of hydrogen-bond acceptors (Lipinski definition) is 3. The van der Waals surface area contributed by atoms with Gasteiger partial charge in [-0.2, -0.15) is 0 Å². The van der Waals surface area contributed by atoms with Gasteiger partial charge in [0, 0.05) is 18.5 Å². The van der Waals surface area contributed by atoms with Crippen molar-refractivity contribution in [3.8, 4) is 5.75 Å². The van der Waals surface area contributed by atoms with Gasteiger partial charge in [0.1, 0.15) is 5.75 Å². The Morgan fingerprint density at radius 3 is 2.35 bits per heavy atom. The quantitative estimate of drug-likeness (QED) is 0.804. The number of carbonyl (C=O) groups excluding carboxylic acids is 1. The van der Waals surface area contributed by atoms with E-state index in [1.54, 1.807) is 7.11 Å². The Labute approximate surface area is 121 Å². The zero-order chi connectivity index (χ0) is 15.1. The van der Waals surface area contributed by atoms with Gasteiger partial charge in [-0.15, -0.1) is 0 Å². The number of ether oxygens (including phenoxy) is 1. The first-order valence-corrected chi connectivity index (χ1v) is 7.13. The molecule has 0 spiro atoms. The van der Waals surface area contributed by atoms with E-state index in [2.05, 4.69) is 24.4 Å². The Balaban J connectivity index is 2.39. The second-order valence-electron chi connectivity index (χ2n) is 5.40. The highest BCUT2D eigenvalue weighted by molar-refractivity contribution is 5.78. The molecule has 4 nitrogen and oxygen atoms in total. The highest BCUT2D eigenvalue weighted by atomic mass is 16.5. The Kier molecular flexibility index (Phi) is 6.52. The van der Waals surface area contributed by atoms with Crippen molar-refractivity contribution >= 4 is 5.91 Å². The molecule has 0 heterocycles. The minimum absolute atomic E-state index is 0.0296. The van der Waals surface area contributed by atoms with Gasteiger partial charge in [0.25, 0.3) is 0 Å². The number of hydrogen-bond donors (Lipinski definition) is 2. The van der Waals surface area contributed by atoms with Gasteiger partial charge < -0.3 is 15.8 Å². The summed E-state index contributed by atoms with van der Waals surface area (Å²) in [4.78, 5) is 11.8. The van der Waals surface area contributed by atoms with E-state index in [-0.39, 0.29) is 17.9 Å². The van der Waals surface area contributed by atoms with Crippen LogP contribution in [-0.4, -0.2) is 25.6 Å². The van der Waals surface area contributed by atoms with E-state index in [0.717, 1.165) is 12.2 Å². The van der Waals surface area contributed by atoms with E-state index in [0.29, 0.717) is 12.5 Å². The summed E-state index contributed by atoms with van der Waals surface area (Å²) in [5.41, 5.74) is 6.96. The van der Waals surface area contributed by atoms with Crippen molar-refractivity contribution < 1.29 is 9.53 Å². The summed E-state index contributed by atoms with van der Waals surface area (Å²) in [5.74, 6) is 1.14. The summed E-state index contributed by atoms with van der Waals surface area (Å²) >= 11 is 0. The molecule has 0 fully saturated rings. The maximum atomic E-state index is 11.8. The number of methoxy groups -OCH3 is 1. The minimum Gasteiger partial charge on any atom is -0.497 e. The van der Waals surface area contributed by atoms with Crippen LogP contribution in [0.1, 0.15) is 38.7 Å². The van der Waals surface area contributed by atoms with Crippen molar-refractivity contribution in [3.63, 3.8) is 0 Å². The van der Waals surface area contributed by atoms with Crippen LogP contribution in [0.3, 0.4) is 0 Å². The molecule has 20 heavy (non-hydrogen) atoms. The fraction of sp³-hybridized carbons (Fsp3) is 0.562. The van der Waals surface area contributed by atoms with Crippen molar-refractivity contribution in [3.05, 3.63) is 29.8 Å². The largest absolute Gasteiger partial charge is 0.497 e. The lowest BCUT2D eigenvalue weighted by Gasteiger charge is -2.17. The number of rotatable bonds is 7. The fourth-order valence-corrected chi connectivity index (χ4v) is 1.91. The number of carbonyl (C=O) groups is 1. The summed E-state index contributed by atoms with van der Waals surface area (Å²) in [6, 6.07) is 7.94. The lowest BCUT2D eigenvalue weighted by Crippen LogP contribution is -2.39. The van der Waals surface area contributed by atoms with E-state index in [1.165, 1.54) is 5.56 Å². The minimum atomic E-state index is -0.147. The second kappa shape index (κ2) is 7.90. The maximum Gasteiger partial charge on any atom is 0.224 e. The normalized spacial score (nSPS) is 15.2. The van der Waals surface area contributed by atoms with Crippen LogP contribution in [0.4, 0.5) is 0 Å². The van der Waals surface area contributed by atoms with Crippen LogP contribution < -0.4 is 15.8 Å². The molecule has 3 N–H and O–H groups in total. The highest BCUT2D eigenvalue weighted by Crippen LogP contribution is 2.21. The van der Waals surface area contributed by atoms with E-state index in [1.807, 2.05) is 26.0 Å². The van der Waals surface area contributed by atoms with Crippen LogP contribution in [0.15, 0.2) is 24.3 Å². The first-order valence-electron chi connectivity index (χ1n) is 7.13. The molecule has 4 heteroatoms. The Morgan fingerprint density at radius 1 is 1.25 bits per heavy atom. The Hall–Kier alpha value is -1.55. The summed E-state index contributed by atoms with van der Waals surface area (Å²) in [6.45, 7) is 6.53. The molecule has 0 bridgehead atoms. The third-order valence-corrected chi connectivity index (χ3v) is 3.76. The van der Waals surface area contributed by atoms with Crippen LogP contribution in [0.2, 0.25) is 0 Å². The molecule has 3 atom stereocenters. The van der Waals surface area contributed by atoms with Crippen LogP contribution in [0.25, 0.3) is 0 Å². The van der Waals surface area contributed by atoms with E-state index >= 15 is 0 Å². The van der Waals surface area contributed by atoms with Crippen LogP contribution in [0.5, 0.6) is 5.75 Å². The van der Waals surface area contributed by atoms with Gasteiger partial charge in [0.2, 0.25) is 5.91 Å². The first kappa shape index (κ1) is 16.5. The van der Waals surface area contributed by atoms with E-state index in [9.17, 15) is 4.79 Å². The molecule has 0 aliphatic carbocycles. The summed E-state index contributed by atoms with van der Waals surface area (Å²) in [5, 5.41) is 2.94. The van der Waals surface area contributed by atoms with Crippen molar-refractivity contribution in [1.82, 2.24) is 5.32 Å². The van der Waals surface area contributed by atoms with Crippen LogP contribution in [-0.2, 0) is 4.79 Å². The first-order chi connectivity index (χ1) is 9.45. The van der Waals surface area contributed by atoms with E-state index in [4.69, 9.17) is 10.5 Å². The summed E-state index contributed by atoms with van der Waals surface area (Å²) < 4.78 is 5.14. The fourth-order valence-electron chi connectivity index (χ4n) is 1.91. The monoisotopic (exact) mass is 278 g/mol. The predicted octanol–water partition coefficient (Wildman–Crippen LogP) is 2.29. The molecule has 0 saturated carbocycles. The standard InChI is InChI=1S/C16H26N2O2/c1-11(14-5-7-15(20-4)8-6-14)9-10-18-16(19)12(2)13(3)17/h5-8,11-13H,9-10,17H2,1-4H3,(H,18,19). The molecule has 112 valence electrons. The lowest BCUT2D eigenvalue weighted by atomic mass is 9.97. The van der Waals surface area contributed by atoms with Crippen molar-refractivity contribution in [2.24, 2.45) is 11.7 Å². The molecular weight excluding hydrogens is 252 g/mol. The number of nitrogens with two attached hydrogens (primary N) is 1. The molecule has 3 unspecified atom stereocenters. The maximum absolute atomic E-state index is 11.8. The lowest BCUT2D eigenvalue weighted by molar-refractivity contribution is -0.124. The third-order valence-electron chi connectivity index (χ3n) is 3.76. The summed E-state index contributed by atoms with van der Waals surface area (Å²) in [6.07, 6.45) is 0.906. The zero-order valence-electron chi connectivity index (χ0n) is 12.8. The molecule has 1 aromatic carbocycles. The molecule has 0 saturated heterocycles. The smallest absolute Gasteiger partial charge is 0.224 e. The van der Waals surface area contributed by atoms with Gasteiger partial charge >= 0.3 is 0 Å². The van der Waals surface area contributed by atoms with Crippen LogP contribution >= 0.6 is 0 Å². The molecule has 0 radical (unpaired) electrons. The average Bonchev–Trinajstić information content (AvgIpc) is 2.46. The molecule has 0 aliphatic rings. The van der Waals surface area contributed by atoms with Crippen molar-refractivity contribution in [2.45, 2.75) is 39.2 Å².